The van der Waals surface area contributed by atoms with Crippen LogP contribution in [0.1, 0.15) is 43.0 Å². The van der Waals surface area contributed by atoms with Crippen molar-refractivity contribution in [1.29, 1.82) is 0 Å². The smallest absolute Gasteiger partial charge is 0.275 e. The first kappa shape index (κ1) is 12.6. The molecule has 4 nitrogen and oxygen atoms in total. The molecule has 0 saturated heterocycles. The Hall–Kier alpha value is -1.84. The molecule has 4 heteroatoms. The Kier molecular flexibility index (Phi) is 3.97. The van der Waals surface area contributed by atoms with Crippen molar-refractivity contribution in [2.75, 3.05) is 0 Å². The summed E-state index contributed by atoms with van der Waals surface area (Å²) in [6.45, 7) is 2.19. The van der Waals surface area contributed by atoms with Crippen molar-refractivity contribution in [2.45, 2.75) is 32.6 Å². The molecule has 0 radical (unpaired) electrons. The lowest BCUT2D eigenvalue weighted by Gasteiger charge is -2.18. The third kappa shape index (κ3) is 3.09. The molecule has 1 saturated carbocycles. The van der Waals surface area contributed by atoms with Gasteiger partial charge in [-0.05, 0) is 43.7 Å². The van der Waals surface area contributed by atoms with Crippen molar-refractivity contribution in [3.8, 4) is 5.75 Å². The van der Waals surface area contributed by atoms with Gasteiger partial charge in [-0.25, -0.2) is 5.43 Å². The number of hydrogen-bond donors (Lipinski definition) is 2. The first-order valence-corrected chi connectivity index (χ1v) is 6.30. The summed E-state index contributed by atoms with van der Waals surface area (Å²) in [7, 11) is 0. The average molecular weight is 246 g/mol. The van der Waals surface area contributed by atoms with Crippen molar-refractivity contribution >= 4 is 11.6 Å². The van der Waals surface area contributed by atoms with Crippen molar-refractivity contribution in [3.63, 3.8) is 0 Å². The number of para-hydroxylation sites is 1. The van der Waals surface area contributed by atoms with Gasteiger partial charge in [0, 0.05) is 5.71 Å². The maximum absolute atomic E-state index is 11.8. The van der Waals surface area contributed by atoms with Crippen LogP contribution in [0.25, 0.3) is 0 Å². The van der Waals surface area contributed by atoms with Crippen LogP contribution in [0.2, 0.25) is 0 Å². The van der Waals surface area contributed by atoms with Gasteiger partial charge in [-0.2, -0.15) is 5.10 Å². The van der Waals surface area contributed by atoms with Gasteiger partial charge in [0.1, 0.15) is 5.75 Å². The Morgan fingerprint density at radius 1 is 1.44 bits per heavy atom. The lowest BCUT2D eigenvalue weighted by molar-refractivity contribution is 0.0952. The largest absolute Gasteiger partial charge is 0.507 e. The summed E-state index contributed by atoms with van der Waals surface area (Å²) < 4.78 is 0. The Labute approximate surface area is 107 Å². The average Bonchev–Trinajstić information content (AvgIpc) is 2.37. The third-order valence-corrected chi connectivity index (χ3v) is 3.21. The standard InChI is InChI=1S/C14H18N2O2/c1-10-5-4-6-11(9-10)15-16-14(18)12-7-2-3-8-13(12)17/h2-3,7-8,10,17H,4-6,9H2,1H3,(H,16,18)/b15-11+/t10-/m1/s1. The Morgan fingerprint density at radius 2 is 2.22 bits per heavy atom. The molecule has 96 valence electrons. The second-order valence-corrected chi connectivity index (χ2v) is 4.84. The van der Waals surface area contributed by atoms with Gasteiger partial charge in [-0.3, -0.25) is 4.79 Å². The molecule has 1 aromatic rings. The summed E-state index contributed by atoms with van der Waals surface area (Å²) in [5.41, 5.74) is 3.81. The molecule has 0 bridgehead atoms. The molecule has 1 amide bonds. The normalized spacial score (nSPS) is 21.8. The maximum Gasteiger partial charge on any atom is 0.275 e. The molecular weight excluding hydrogens is 228 g/mol. The van der Waals surface area contributed by atoms with Gasteiger partial charge in [-0.15, -0.1) is 0 Å². The van der Waals surface area contributed by atoms with E-state index in [1.54, 1.807) is 18.2 Å². The van der Waals surface area contributed by atoms with E-state index in [1.165, 1.54) is 12.5 Å². The zero-order valence-corrected chi connectivity index (χ0v) is 10.5. The maximum atomic E-state index is 11.8. The first-order chi connectivity index (χ1) is 8.66. The van der Waals surface area contributed by atoms with Gasteiger partial charge in [0.05, 0.1) is 5.56 Å². The number of amides is 1. The van der Waals surface area contributed by atoms with E-state index in [4.69, 9.17) is 0 Å². The highest BCUT2D eigenvalue weighted by molar-refractivity contribution is 5.97. The molecule has 0 aliphatic heterocycles. The summed E-state index contributed by atoms with van der Waals surface area (Å²) in [6, 6.07) is 6.46. The van der Waals surface area contributed by atoms with Crippen LogP contribution in [0, 0.1) is 5.92 Å². The fourth-order valence-corrected chi connectivity index (χ4v) is 2.22. The Balaban J connectivity index is 2.00. The molecule has 0 spiro atoms. The van der Waals surface area contributed by atoms with Crippen LogP contribution in [-0.2, 0) is 0 Å². The molecule has 0 aromatic heterocycles. The van der Waals surface area contributed by atoms with Crippen LogP contribution >= 0.6 is 0 Å². The summed E-state index contributed by atoms with van der Waals surface area (Å²) in [4.78, 5) is 11.8. The number of nitrogens with one attached hydrogen (secondary N) is 1. The number of nitrogens with zero attached hydrogens (tertiary/aromatic N) is 1. The predicted molar refractivity (Wildman–Crippen MR) is 70.6 cm³/mol. The summed E-state index contributed by atoms with van der Waals surface area (Å²) in [5, 5.41) is 13.7. The van der Waals surface area contributed by atoms with E-state index < -0.39 is 0 Å². The number of aromatic hydroxyl groups is 1. The number of phenolic OH excluding ortho intramolecular Hbond substituents is 1. The Morgan fingerprint density at radius 3 is 2.94 bits per heavy atom. The van der Waals surface area contributed by atoms with Crippen LogP contribution in [0.15, 0.2) is 29.4 Å². The van der Waals surface area contributed by atoms with Crippen LogP contribution in [0.5, 0.6) is 5.75 Å². The molecule has 0 heterocycles. The van der Waals surface area contributed by atoms with Gasteiger partial charge in [0.2, 0.25) is 0 Å². The molecule has 18 heavy (non-hydrogen) atoms. The van der Waals surface area contributed by atoms with E-state index in [0.29, 0.717) is 5.92 Å². The summed E-state index contributed by atoms with van der Waals surface area (Å²) in [5.74, 6) is 0.255. The van der Waals surface area contributed by atoms with Crippen molar-refractivity contribution in [2.24, 2.45) is 11.0 Å². The molecule has 1 aliphatic carbocycles. The van der Waals surface area contributed by atoms with Crippen LogP contribution in [0.3, 0.4) is 0 Å². The lowest BCUT2D eigenvalue weighted by Crippen LogP contribution is -2.22. The number of carbonyl (C=O) groups is 1. The quantitative estimate of drug-likeness (QED) is 0.788. The highest BCUT2D eigenvalue weighted by Crippen LogP contribution is 2.21. The third-order valence-electron chi connectivity index (χ3n) is 3.21. The molecule has 0 unspecified atom stereocenters. The highest BCUT2D eigenvalue weighted by atomic mass is 16.3. The van der Waals surface area contributed by atoms with E-state index in [1.807, 2.05) is 0 Å². The zero-order valence-electron chi connectivity index (χ0n) is 10.5. The van der Waals surface area contributed by atoms with Gasteiger partial charge >= 0.3 is 0 Å². The Bertz CT molecular complexity index is 469. The second kappa shape index (κ2) is 5.67. The van der Waals surface area contributed by atoms with Crippen molar-refractivity contribution < 1.29 is 9.90 Å². The van der Waals surface area contributed by atoms with Crippen LogP contribution in [0.4, 0.5) is 0 Å². The molecular formula is C14H18N2O2. The number of benzene rings is 1. The van der Waals surface area contributed by atoms with Crippen LogP contribution < -0.4 is 5.43 Å². The number of hydrogen-bond acceptors (Lipinski definition) is 3. The monoisotopic (exact) mass is 246 g/mol. The number of phenols is 1. The van der Waals surface area contributed by atoms with E-state index in [2.05, 4.69) is 17.5 Å². The molecule has 1 aromatic carbocycles. The molecule has 2 N–H and O–H groups in total. The first-order valence-electron chi connectivity index (χ1n) is 6.30. The van der Waals surface area contributed by atoms with Crippen LogP contribution in [-0.4, -0.2) is 16.7 Å². The second-order valence-electron chi connectivity index (χ2n) is 4.84. The minimum absolute atomic E-state index is 0.0211. The lowest BCUT2D eigenvalue weighted by atomic mass is 9.89. The molecule has 2 rings (SSSR count). The zero-order chi connectivity index (χ0) is 13.0. The fraction of sp³-hybridized carbons (Fsp3) is 0.429. The number of hydrazone groups is 1. The molecule has 1 fully saturated rings. The van der Waals surface area contributed by atoms with Crippen molar-refractivity contribution in [1.82, 2.24) is 5.43 Å². The minimum Gasteiger partial charge on any atom is -0.507 e. The number of carbonyl (C=O) groups excluding carboxylic acids is 1. The highest BCUT2D eigenvalue weighted by Gasteiger charge is 2.15. The van der Waals surface area contributed by atoms with E-state index in [9.17, 15) is 9.90 Å². The fourth-order valence-electron chi connectivity index (χ4n) is 2.22. The van der Waals surface area contributed by atoms with E-state index in [0.717, 1.165) is 25.0 Å². The van der Waals surface area contributed by atoms with Crippen molar-refractivity contribution in [3.05, 3.63) is 29.8 Å². The summed E-state index contributed by atoms with van der Waals surface area (Å²) in [6.07, 6.45) is 4.26. The summed E-state index contributed by atoms with van der Waals surface area (Å²) >= 11 is 0. The number of rotatable bonds is 2. The topological polar surface area (TPSA) is 61.7 Å². The van der Waals surface area contributed by atoms with Gasteiger partial charge in [0.15, 0.2) is 0 Å². The molecule has 1 atom stereocenters. The van der Waals surface area contributed by atoms with E-state index in [-0.39, 0.29) is 17.2 Å². The van der Waals surface area contributed by atoms with E-state index >= 15 is 0 Å². The molecule has 1 aliphatic rings. The SMILES string of the molecule is C[C@@H]1CCC/C(=N\NC(=O)c2ccccc2O)C1. The minimum atomic E-state index is -0.362. The predicted octanol–water partition coefficient (Wildman–Crippen LogP) is 2.69. The van der Waals surface area contributed by atoms with Gasteiger partial charge in [0.25, 0.3) is 5.91 Å². The van der Waals surface area contributed by atoms with Gasteiger partial charge < -0.3 is 5.11 Å². The van der Waals surface area contributed by atoms with Gasteiger partial charge in [-0.1, -0.05) is 19.1 Å².